The normalized spacial score (nSPS) is 17.8. The first kappa shape index (κ1) is 18.1. The molecule has 0 aromatic heterocycles. The molecular formula is C17H26N2O3S. The zero-order valence-electron chi connectivity index (χ0n) is 14.0. The summed E-state index contributed by atoms with van der Waals surface area (Å²) in [6.45, 7) is 7.10. The van der Waals surface area contributed by atoms with Crippen LogP contribution in [0.4, 0.5) is 4.79 Å². The van der Waals surface area contributed by atoms with E-state index in [1.54, 1.807) is 4.90 Å². The van der Waals surface area contributed by atoms with E-state index in [0.717, 1.165) is 4.90 Å². The van der Waals surface area contributed by atoms with Crippen LogP contribution in [0.2, 0.25) is 0 Å². The molecule has 1 aromatic carbocycles. The van der Waals surface area contributed by atoms with E-state index >= 15 is 0 Å². The number of hydrogen-bond acceptors (Lipinski definition) is 5. The molecule has 2 rings (SSSR count). The zero-order chi connectivity index (χ0) is 16.9. The molecule has 1 heterocycles. The van der Waals surface area contributed by atoms with Gasteiger partial charge in [-0.3, -0.25) is 4.72 Å². The van der Waals surface area contributed by atoms with Crippen molar-refractivity contribution < 1.29 is 14.6 Å². The fourth-order valence-electron chi connectivity index (χ4n) is 2.35. The van der Waals surface area contributed by atoms with Crippen molar-refractivity contribution in [2.24, 2.45) is 0 Å². The molecule has 1 amide bonds. The first-order valence-electron chi connectivity index (χ1n) is 7.93. The Labute approximate surface area is 142 Å². The highest BCUT2D eigenvalue weighted by Gasteiger charge is 2.35. The number of hydrogen-bond donors (Lipinski definition) is 2. The number of benzene rings is 1. The number of nitrogens with zero attached hydrogens (tertiary/aromatic N) is 1. The largest absolute Gasteiger partial charge is 0.444 e. The van der Waals surface area contributed by atoms with E-state index in [0.29, 0.717) is 32.5 Å². The Balaban J connectivity index is 1.75. The minimum atomic E-state index is -0.777. The van der Waals surface area contributed by atoms with Gasteiger partial charge in [-0.1, -0.05) is 18.2 Å². The van der Waals surface area contributed by atoms with Gasteiger partial charge in [0.2, 0.25) is 0 Å². The number of rotatable bonds is 4. The molecule has 0 spiro atoms. The SMILES string of the molecule is CC(C)(C)OC(=O)N1CCC(O)(CNSc2ccccc2)CC1. The Morgan fingerprint density at radius 2 is 1.91 bits per heavy atom. The molecule has 0 bridgehead atoms. The molecule has 0 aliphatic carbocycles. The summed E-state index contributed by atoms with van der Waals surface area (Å²) in [5.74, 6) is 0. The van der Waals surface area contributed by atoms with E-state index in [-0.39, 0.29) is 6.09 Å². The van der Waals surface area contributed by atoms with Gasteiger partial charge in [0, 0.05) is 24.5 Å². The highest BCUT2D eigenvalue weighted by atomic mass is 32.2. The first-order valence-corrected chi connectivity index (χ1v) is 8.74. The number of nitrogens with one attached hydrogen (secondary N) is 1. The van der Waals surface area contributed by atoms with Crippen LogP contribution in [0.1, 0.15) is 33.6 Å². The van der Waals surface area contributed by atoms with Crippen LogP contribution in [-0.2, 0) is 4.74 Å². The Bertz CT molecular complexity index is 508. The van der Waals surface area contributed by atoms with Crippen molar-refractivity contribution in [2.45, 2.75) is 49.7 Å². The predicted octanol–water partition coefficient (Wildman–Crippen LogP) is 3.05. The molecule has 1 aliphatic heterocycles. The van der Waals surface area contributed by atoms with Crippen LogP contribution >= 0.6 is 11.9 Å². The number of carbonyl (C=O) groups is 1. The smallest absolute Gasteiger partial charge is 0.410 e. The van der Waals surface area contributed by atoms with Crippen LogP contribution in [0.15, 0.2) is 35.2 Å². The van der Waals surface area contributed by atoms with Gasteiger partial charge in [0.1, 0.15) is 5.60 Å². The lowest BCUT2D eigenvalue weighted by atomic mass is 9.92. The maximum Gasteiger partial charge on any atom is 0.410 e. The molecule has 2 N–H and O–H groups in total. The molecule has 0 radical (unpaired) electrons. The molecule has 23 heavy (non-hydrogen) atoms. The summed E-state index contributed by atoms with van der Waals surface area (Å²) < 4.78 is 8.60. The van der Waals surface area contributed by atoms with Crippen molar-refractivity contribution in [3.05, 3.63) is 30.3 Å². The Morgan fingerprint density at radius 3 is 2.48 bits per heavy atom. The summed E-state index contributed by atoms with van der Waals surface area (Å²) in [6, 6.07) is 9.99. The van der Waals surface area contributed by atoms with Gasteiger partial charge in [-0.25, -0.2) is 4.79 Å². The van der Waals surface area contributed by atoms with Crippen LogP contribution in [0, 0.1) is 0 Å². The third-order valence-corrected chi connectivity index (χ3v) is 4.48. The van der Waals surface area contributed by atoms with Crippen molar-refractivity contribution in [3.63, 3.8) is 0 Å². The molecule has 1 saturated heterocycles. The summed E-state index contributed by atoms with van der Waals surface area (Å²) in [6.07, 6.45) is 0.801. The molecule has 6 heteroatoms. The number of amides is 1. The average molecular weight is 338 g/mol. The van der Waals surface area contributed by atoms with Gasteiger partial charge in [0.05, 0.1) is 5.60 Å². The monoisotopic (exact) mass is 338 g/mol. The molecule has 1 fully saturated rings. The van der Waals surface area contributed by atoms with Crippen molar-refractivity contribution in [1.82, 2.24) is 9.62 Å². The Hall–Kier alpha value is -1.24. The lowest BCUT2D eigenvalue weighted by Gasteiger charge is -2.38. The lowest BCUT2D eigenvalue weighted by Crippen LogP contribution is -2.51. The van der Waals surface area contributed by atoms with Crippen LogP contribution in [-0.4, -0.2) is 46.9 Å². The molecule has 1 aromatic rings. The number of piperidine rings is 1. The van der Waals surface area contributed by atoms with Crippen LogP contribution in [0.25, 0.3) is 0 Å². The Kier molecular flexibility index (Phi) is 5.95. The van der Waals surface area contributed by atoms with Crippen molar-refractivity contribution >= 4 is 18.0 Å². The highest BCUT2D eigenvalue weighted by molar-refractivity contribution is 7.97. The highest BCUT2D eigenvalue weighted by Crippen LogP contribution is 2.24. The second-order valence-electron chi connectivity index (χ2n) is 6.93. The zero-order valence-corrected chi connectivity index (χ0v) is 14.9. The molecule has 0 atom stereocenters. The van der Waals surface area contributed by atoms with E-state index in [2.05, 4.69) is 4.72 Å². The average Bonchev–Trinajstić information content (AvgIpc) is 2.47. The van der Waals surface area contributed by atoms with Gasteiger partial charge in [-0.05, 0) is 57.7 Å². The number of ether oxygens (including phenoxy) is 1. The number of aliphatic hydroxyl groups is 1. The predicted molar refractivity (Wildman–Crippen MR) is 92.3 cm³/mol. The standard InChI is InChI=1S/C17H26N2O3S/c1-16(2,3)22-15(20)19-11-9-17(21,10-12-19)13-18-23-14-7-5-4-6-8-14/h4-8,18,21H,9-13H2,1-3H3. The van der Waals surface area contributed by atoms with Gasteiger partial charge >= 0.3 is 6.09 Å². The molecular weight excluding hydrogens is 312 g/mol. The van der Waals surface area contributed by atoms with E-state index in [1.165, 1.54) is 11.9 Å². The molecule has 1 aliphatic rings. The number of likely N-dealkylation sites (tertiary alicyclic amines) is 1. The summed E-state index contributed by atoms with van der Waals surface area (Å²) in [5, 5.41) is 10.6. The summed E-state index contributed by atoms with van der Waals surface area (Å²) in [7, 11) is 0. The first-order chi connectivity index (χ1) is 10.8. The van der Waals surface area contributed by atoms with Crippen molar-refractivity contribution in [1.29, 1.82) is 0 Å². The fraction of sp³-hybridized carbons (Fsp3) is 0.588. The van der Waals surface area contributed by atoms with E-state index in [9.17, 15) is 9.90 Å². The molecule has 0 unspecified atom stereocenters. The maximum atomic E-state index is 12.0. The molecule has 128 valence electrons. The van der Waals surface area contributed by atoms with Gasteiger partial charge in [-0.2, -0.15) is 0 Å². The van der Waals surface area contributed by atoms with Crippen molar-refractivity contribution in [3.8, 4) is 0 Å². The number of carbonyl (C=O) groups excluding carboxylic acids is 1. The van der Waals surface area contributed by atoms with E-state index in [1.807, 2.05) is 51.1 Å². The fourth-order valence-corrected chi connectivity index (χ4v) is 3.15. The molecule has 5 nitrogen and oxygen atoms in total. The van der Waals surface area contributed by atoms with Crippen LogP contribution in [0.3, 0.4) is 0 Å². The molecule has 0 saturated carbocycles. The summed E-state index contributed by atoms with van der Waals surface area (Å²) in [4.78, 5) is 14.8. The quantitative estimate of drug-likeness (QED) is 0.826. The summed E-state index contributed by atoms with van der Waals surface area (Å²) >= 11 is 1.51. The Morgan fingerprint density at radius 1 is 1.30 bits per heavy atom. The third-order valence-electron chi connectivity index (χ3n) is 3.68. The van der Waals surface area contributed by atoms with Crippen LogP contribution in [0.5, 0.6) is 0 Å². The minimum absolute atomic E-state index is 0.300. The van der Waals surface area contributed by atoms with Gasteiger partial charge in [0.25, 0.3) is 0 Å². The topological polar surface area (TPSA) is 61.8 Å². The second kappa shape index (κ2) is 7.55. The minimum Gasteiger partial charge on any atom is -0.444 e. The maximum absolute atomic E-state index is 12.0. The van der Waals surface area contributed by atoms with E-state index in [4.69, 9.17) is 4.74 Å². The van der Waals surface area contributed by atoms with Gasteiger partial charge in [-0.15, -0.1) is 0 Å². The van der Waals surface area contributed by atoms with Crippen LogP contribution < -0.4 is 4.72 Å². The summed E-state index contributed by atoms with van der Waals surface area (Å²) in [5.41, 5.74) is -1.26. The van der Waals surface area contributed by atoms with Gasteiger partial charge < -0.3 is 14.7 Å². The van der Waals surface area contributed by atoms with E-state index < -0.39 is 11.2 Å². The third kappa shape index (κ3) is 6.05. The van der Waals surface area contributed by atoms with Crippen molar-refractivity contribution in [2.75, 3.05) is 19.6 Å². The lowest BCUT2D eigenvalue weighted by molar-refractivity contribution is -0.0281. The second-order valence-corrected chi connectivity index (χ2v) is 7.89. The van der Waals surface area contributed by atoms with Gasteiger partial charge in [0.15, 0.2) is 0 Å².